The predicted molar refractivity (Wildman–Crippen MR) is 78.4 cm³/mol. The molecule has 0 fully saturated rings. The summed E-state index contributed by atoms with van der Waals surface area (Å²) in [6.07, 6.45) is 11.1. The molecule has 0 nitrogen and oxygen atoms in total. The van der Waals surface area contributed by atoms with Crippen molar-refractivity contribution >= 4 is 18.2 Å². The third-order valence-corrected chi connectivity index (χ3v) is 3.36. The van der Waals surface area contributed by atoms with Crippen LogP contribution in [0.1, 0.15) is 17.5 Å². The van der Waals surface area contributed by atoms with Crippen molar-refractivity contribution in [3.8, 4) is 0 Å². The topological polar surface area (TPSA) is 0 Å². The maximum Gasteiger partial charge on any atom is -0.00882 e. The van der Waals surface area contributed by atoms with Gasteiger partial charge in [-0.3, -0.25) is 0 Å². The highest BCUT2D eigenvalue weighted by Crippen LogP contribution is 2.17. The fourth-order valence-corrected chi connectivity index (χ4v) is 2.39. The van der Waals surface area contributed by atoms with Crippen LogP contribution in [0.4, 0.5) is 0 Å². The van der Waals surface area contributed by atoms with Gasteiger partial charge in [0.15, 0.2) is 0 Å². The largest absolute Gasteiger partial charge is 0.0795 e. The molecule has 0 atom stereocenters. The standard InChI is InChI=1S/2C9H8/c2*1-2-5-9-7-3-6-8(9)4-1/h1-2,4-7H,3H2;1-6H,7H2. The van der Waals surface area contributed by atoms with Crippen LogP contribution in [0.3, 0.4) is 0 Å². The van der Waals surface area contributed by atoms with Crippen LogP contribution in [0.5, 0.6) is 0 Å². The average Bonchev–Trinajstić information content (AvgIpc) is 3.08. The molecule has 0 radical (unpaired) electrons. The van der Waals surface area contributed by atoms with Crippen molar-refractivity contribution in [1.82, 2.24) is 0 Å². The van der Waals surface area contributed by atoms with E-state index in [9.17, 15) is 0 Å². The second-order valence-electron chi connectivity index (χ2n) is 4.58. The monoisotopic (exact) mass is 232 g/mol. The van der Waals surface area contributed by atoms with Gasteiger partial charge in [0, 0.05) is 0 Å². The molecular formula is C18H16. The third kappa shape index (κ3) is 2.28. The molecule has 4 rings (SSSR count). The average molecular weight is 232 g/mol. The number of allylic oxidation sites excluding steroid dienone is 1. The molecule has 2 aliphatic rings. The van der Waals surface area contributed by atoms with Gasteiger partial charge in [-0.05, 0) is 34.4 Å². The summed E-state index contributed by atoms with van der Waals surface area (Å²) in [5, 5.41) is 2.77. The van der Waals surface area contributed by atoms with E-state index in [1.54, 1.807) is 0 Å². The molecule has 18 heavy (non-hydrogen) atoms. The minimum Gasteiger partial charge on any atom is -0.0795 e. The molecule has 0 heterocycles. The van der Waals surface area contributed by atoms with E-state index in [0.717, 1.165) is 12.8 Å². The Morgan fingerprint density at radius 2 is 1.39 bits per heavy atom. The second kappa shape index (κ2) is 5.05. The van der Waals surface area contributed by atoms with Crippen LogP contribution in [0.25, 0.3) is 18.2 Å². The highest BCUT2D eigenvalue weighted by molar-refractivity contribution is 5.59. The van der Waals surface area contributed by atoms with E-state index in [2.05, 4.69) is 72.8 Å². The van der Waals surface area contributed by atoms with Gasteiger partial charge in [-0.25, -0.2) is 0 Å². The van der Waals surface area contributed by atoms with Gasteiger partial charge in [-0.15, -0.1) is 0 Å². The number of hydrogen-bond acceptors (Lipinski definition) is 0. The van der Waals surface area contributed by atoms with Gasteiger partial charge >= 0.3 is 0 Å². The number of fused-ring (bicyclic) bond motifs is 2. The van der Waals surface area contributed by atoms with Gasteiger partial charge in [0.1, 0.15) is 0 Å². The lowest BCUT2D eigenvalue weighted by Gasteiger charge is -1.93. The Morgan fingerprint density at radius 1 is 0.722 bits per heavy atom. The van der Waals surface area contributed by atoms with Crippen molar-refractivity contribution in [2.75, 3.05) is 0 Å². The van der Waals surface area contributed by atoms with Crippen LogP contribution < -0.4 is 10.4 Å². The lowest BCUT2D eigenvalue weighted by Crippen LogP contribution is -2.19. The Balaban J connectivity index is 0.000000111. The number of rotatable bonds is 0. The Labute approximate surface area is 108 Å². The summed E-state index contributed by atoms with van der Waals surface area (Å²) in [5.41, 5.74) is 2.84. The smallest absolute Gasteiger partial charge is 0.00882 e. The lowest BCUT2D eigenvalue weighted by atomic mass is 10.1. The first-order valence-electron chi connectivity index (χ1n) is 6.43. The summed E-state index contributed by atoms with van der Waals surface area (Å²) in [7, 11) is 0. The first kappa shape index (κ1) is 11.0. The second-order valence-corrected chi connectivity index (χ2v) is 4.58. The van der Waals surface area contributed by atoms with E-state index < -0.39 is 0 Å². The zero-order valence-electron chi connectivity index (χ0n) is 10.3. The third-order valence-electron chi connectivity index (χ3n) is 3.36. The van der Waals surface area contributed by atoms with Crippen LogP contribution >= 0.6 is 0 Å². The van der Waals surface area contributed by atoms with Crippen molar-refractivity contribution in [2.24, 2.45) is 0 Å². The number of hydrogen-bond donors (Lipinski definition) is 0. The SMILES string of the molecule is C1=Cc2ccccc2C1.C1=c2ccccc2=CC1. The van der Waals surface area contributed by atoms with Crippen molar-refractivity contribution in [2.45, 2.75) is 12.8 Å². The first-order valence-corrected chi connectivity index (χ1v) is 6.43. The molecule has 88 valence electrons. The van der Waals surface area contributed by atoms with Crippen molar-refractivity contribution in [3.63, 3.8) is 0 Å². The molecule has 2 aromatic rings. The van der Waals surface area contributed by atoms with Crippen LogP contribution in [0.15, 0.2) is 54.6 Å². The van der Waals surface area contributed by atoms with E-state index in [1.807, 2.05) is 0 Å². The van der Waals surface area contributed by atoms with Gasteiger partial charge in [0.05, 0.1) is 0 Å². The lowest BCUT2D eigenvalue weighted by molar-refractivity contribution is 1.31. The van der Waals surface area contributed by atoms with Crippen molar-refractivity contribution in [1.29, 1.82) is 0 Å². The van der Waals surface area contributed by atoms with Crippen molar-refractivity contribution < 1.29 is 0 Å². The minimum atomic E-state index is 1.11. The van der Waals surface area contributed by atoms with Crippen LogP contribution in [0, 0.1) is 0 Å². The van der Waals surface area contributed by atoms with E-state index in [0.29, 0.717) is 0 Å². The Hall–Kier alpha value is -2.08. The normalized spacial score (nSPS) is 13.8. The Morgan fingerprint density at radius 3 is 2.11 bits per heavy atom. The van der Waals surface area contributed by atoms with Crippen LogP contribution in [-0.4, -0.2) is 0 Å². The van der Waals surface area contributed by atoms with Gasteiger partial charge in [-0.1, -0.05) is 72.8 Å². The summed E-state index contributed by atoms with van der Waals surface area (Å²) in [5.74, 6) is 0. The highest BCUT2D eigenvalue weighted by atomic mass is 14.0. The minimum absolute atomic E-state index is 1.11. The summed E-state index contributed by atoms with van der Waals surface area (Å²) in [6, 6.07) is 17.0. The molecule has 2 aliphatic carbocycles. The van der Waals surface area contributed by atoms with Gasteiger partial charge in [-0.2, -0.15) is 0 Å². The first-order chi connectivity index (χ1) is 8.93. The maximum atomic E-state index is 2.25. The summed E-state index contributed by atoms with van der Waals surface area (Å²) < 4.78 is 0. The molecule has 0 unspecified atom stereocenters. The molecule has 2 aromatic carbocycles. The van der Waals surface area contributed by atoms with E-state index in [1.165, 1.54) is 21.6 Å². The fraction of sp³-hybridized carbons (Fsp3) is 0.111. The molecule has 0 saturated carbocycles. The molecule has 0 bridgehead atoms. The van der Waals surface area contributed by atoms with E-state index in [-0.39, 0.29) is 0 Å². The van der Waals surface area contributed by atoms with Gasteiger partial charge in [0.25, 0.3) is 0 Å². The maximum absolute atomic E-state index is 2.25. The zero-order valence-corrected chi connectivity index (χ0v) is 10.3. The molecule has 0 amide bonds. The van der Waals surface area contributed by atoms with Gasteiger partial charge in [0.2, 0.25) is 0 Å². The van der Waals surface area contributed by atoms with E-state index >= 15 is 0 Å². The summed E-state index contributed by atoms with van der Waals surface area (Å²) in [6.45, 7) is 0. The van der Waals surface area contributed by atoms with Crippen molar-refractivity contribution in [3.05, 3.63) is 76.2 Å². The molecule has 0 saturated heterocycles. The zero-order chi connectivity index (χ0) is 12.2. The molecule has 0 N–H and O–H groups in total. The molecule has 0 aromatic heterocycles. The summed E-state index contributed by atoms with van der Waals surface area (Å²) in [4.78, 5) is 0. The number of benzene rings is 2. The quantitative estimate of drug-likeness (QED) is 0.655. The molecular weight excluding hydrogens is 216 g/mol. The fourth-order valence-electron chi connectivity index (χ4n) is 2.39. The summed E-state index contributed by atoms with van der Waals surface area (Å²) >= 11 is 0. The molecule has 0 spiro atoms. The van der Waals surface area contributed by atoms with Gasteiger partial charge < -0.3 is 0 Å². The Kier molecular flexibility index (Phi) is 3.10. The molecule has 0 aliphatic heterocycles. The predicted octanol–water partition coefficient (Wildman–Crippen LogP) is 2.91. The molecule has 0 heteroatoms. The van der Waals surface area contributed by atoms with Crippen LogP contribution in [-0.2, 0) is 6.42 Å². The van der Waals surface area contributed by atoms with Crippen LogP contribution in [0.2, 0.25) is 0 Å². The Bertz CT molecular complexity index is 657. The van der Waals surface area contributed by atoms with E-state index in [4.69, 9.17) is 0 Å². The highest BCUT2D eigenvalue weighted by Gasteiger charge is 2.00.